The van der Waals surface area contributed by atoms with Crippen molar-refractivity contribution in [1.29, 1.82) is 0 Å². The van der Waals surface area contributed by atoms with E-state index in [2.05, 4.69) is 40.3 Å². The van der Waals surface area contributed by atoms with Gasteiger partial charge in [-0.3, -0.25) is 0 Å². The normalized spacial score (nSPS) is 19.3. The maximum absolute atomic E-state index is 3.60. The highest BCUT2D eigenvalue weighted by atomic mass is 79.9. The Labute approximate surface area is 98.0 Å². The molecule has 0 aliphatic heterocycles. The van der Waals surface area contributed by atoms with Gasteiger partial charge < -0.3 is 5.32 Å². The highest BCUT2D eigenvalue weighted by Gasteiger charge is 2.18. The Hall–Kier alpha value is 0.140. The minimum Gasteiger partial charge on any atom is -0.309 e. The Bertz CT molecular complexity index is 293. The van der Waals surface area contributed by atoms with Crippen molar-refractivity contribution in [3.8, 4) is 0 Å². The van der Waals surface area contributed by atoms with Crippen molar-refractivity contribution in [2.45, 2.75) is 32.2 Å². The second-order valence-corrected chi connectivity index (χ2v) is 6.56. The lowest BCUT2D eigenvalue weighted by molar-refractivity contribution is 0.293. The Morgan fingerprint density at radius 1 is 1.57 bits per heavy atom. The smallest absolute Gasteiger partial charge is 0.0701 e. The fourth-order valence-electron chi connectivity index (χ4n) is 1.70. The summed E-state index contributed by atoms with van der Waals surface area (Å²) < 4.78 is 1.23. The average molecular weight is 274 g/mol. The van der Waals surface area contributed by atoms with Crippen molar-refractivity contribution in [1.82, 2.24) is 5.32 Å². The first-order chi connectivity index (χ1) is 6.75. The third-order valence-corrected chi connectivity index (χ3v) is 4.76. The molecule has 14 heavy (non-hydrogen) atoms. The van der Waals surface area contributed by atoms with E-state index in [-0.39, 0.29) is 0 Å². The van der Waals surface area contributed by atoms with Crippen LogP contribution < -0.4 is 5.32 Å². The lowest BCUT2D eigenvalue weighted by Crippen LogP contribution is -2.28. The zero-order chi connectivity index (χ0) is 9.97. The molecule has 0 spiro atoms. The SMILES string of the molecule is CC(NCC1CCC1)c1ccc(Br)s1. The standard InChI is InChI=1S/C11H16BrNS/c1-8(10-5-6-11(12)14-10)13-7-9-3-2-4-9/h5-6,8-9,13H,2-4,7H2,1H3. The minimum absolute atomic E-state index is 0.506. The van der Waals surface area contributed by atoms with E-state index in [1.54, 1.807) is 0 Å². The second-order valence-electron chi connectivity index (χ2n) is 4.07. The molecule has 1 aliphatic carbocycles. The molecule has 1 N–H and O–H groups in total. The molecule has 0 amide bonds. The van der Waals surface area contributed by atoms with Crippen LogP contribution in [0.25, 0.3) is 0 Å². The lowest BCUT2D eigenvalue weighted by Gasteiger charge is -2.27. The molecule has 3 heteroatoms. The van der Waals surface area contributed by atoms with Crippen LogP contribution in [-0.2, 0) is 0 Å². The molecule has 1 aromatic rings. The highest BCUT2D eigenvalue weighted by molar-refractivity contribution is 9.11. The van der Waals surface area contributed by atoms with E-state index < -0.39 is 0 Å². The molecule has 0 saturated heterocycles. The van der Waals surface area contributed by atoms with Crippen LogP contribution in [0.3, 0.4) is 0 Å². The summed E-state index contributed by atoms with van der Waals surface area (Å²) >= 11 is 5.32. The number of rotatable bonds is 4. The molecule has 1 aliphatic rings. The van der Waals surface area contributed by atoms with Gasteiger partial charge in [-0.25, -0.2) is 0 Å². The Morgan fingerprint density at radius 2 is 2.36 bits per heavy atom. The molecule has 1 fully saturated rings. The molecule has 0 radical (unpaired) electrons. The van der Waals surface area contributed by atoms with Crippen LogP contribution in [0, 0.1) is 5.92 Å². The van der Waals surface area contributed by atoms with Gasteiger partial charge in [0.2, 0.25) is 0 Å². The Kier molecular flexibility index (Phi) is 3.63. The van der Waals surface area contributed by atoms with Crippen LogP contribution in [-0.4, -0.2) is 6.54 Å². The second kappa shape index (κ2) is 4.77. The van der Waals surface area contributed by atoms with Crippen molar-refractivity contribution < 1.29 is 0 Å². The van der Waals surface area contributed by atoms with Crippen molar-refractivity contribution in [3.05, 3.63) is 20.8 Å². The van der Waals surface area contributed by atoms with Crippen LogP contribution in [0.1, 0.15) is 37.1 Å². The monoisotopic (exact) mass is 273 g/mol. The summed E-state index contributed by atoms with van der Waals surface area (Å²) in [6, 6.07) is 4.83. The molecule has 1 nitrogen and oxygen atoms in total. The van der Waals surface area contributed by atoms with Gasteiger partial charge in [-0.05, 0) is 60.3 Å². The van der Waals surface area contributed by atoms with E-state index in [1.807, 2.05) is 11.3 Å². The van der Waals surface area contributed by atoms with Gasteiger partial charge >= 0.3 is 0 Å². The molecule has 1 unspecified atom stereocenters. The largest absolute Gasteiger partial charge is 0.309 e. The fourth-order valence-corrected chi connectivity index (χ4v) is 3.15. The summed E-state index contributed by atoms with van der Waals surface area (Å²) in [5, 5.41) is 3.60. The molecular weight excluding hydrogens is 258 g/mol. The van der Waals surface area contributed by atoms with E-state index in [4.69, 9.17) is 0 Å². The summed E-state index contributed by atoms with van der Waals surface area (Å²) in [5.41, 5.74) is 0. The van der Waals surface area contributed by atoms with Gasteiger partial charge in [0.1, 0.15) is 0 Å². The van der Waals surface area contributed by atoms with Crippen LogP contribution in [0.5, 0.6) is 0 Å². The minimum atomic E-state index is 0.506. The summed E-state index contributed by atoms with van der Waals surface area (Å²) in [5.74, 6) is 0.945. The number of thiophene rings is 1. The van der Waals surface area contributed by atoms with Crippen LogP contribution in [0.15, 0.2) is 15.9 Å². The Balaban J connectivity index is 1.79. The number of hydrogen-bond donors (Lipinski definition) is 1. The predicted octanol–water partition coefficient (Wildman–Crippen LogP) is 3.96. The Morgan fingerprint density at radius 3 is 2.86 bits per heavy atom. The lowest BCUT2D eigenvalue weighted by atomic mass is 9.85. The van der Waals surface area contributed by atoms with Gasteiger partial charge in [-0.1, -0.05) is 6.42 Å². The van der Waals surface area contributed by atoms with Crippen molar-refractivity contribution >= 4 is 27.3 Å². The highest BCUT2D eigenvalue weighted by Crippen LogP contribution is 2.29. The molecule has 0 bridgehead atoms. The van der Waals surface area contributed by atoms with Crippen LogP contribution in [0.4, 0.5) is 0 Å². The zero-order valence-corrected chi connectivity index (χ0v) is 10.8. The third kappa shape index (κ3) is 2.59. The summed E-state index contributed by atoms with van der Waals surface area (Å²) in [6.45, 7) is 3.44. The zero-order valence-electron chi connectivity index (χ0n) is 8.42. The van der Waals surface area contributed by atoms with Gasteiger partial charge in [0.25, 0.3) is 0 Å². The molecule has 78 valence electrons. The van der Waals surface area contributed by atoms with Crippen molar-refractivity contribution in [2.75, 3.05) is 6.54 Å². The molecule has 1 aromatic heterocycles. The number of halogens is 1. The summed E-state index contributed by atoms with van der Waals surface area (Å²) in [6.07, 6.45) is 4.28. The molecular formula is C11H16BrNS. The first-order valence-corrected chi connectivity index (χ1v) is 6.85. The van der Waals surface area contributed by atoms with Gasteiger partial charge in [0, 0.05) is 10.9 Å². The van der Waals surface area contributed by atoms with Gasteiger partial charge in [-0.2, -0.15) is 0 Å². The quantitative estimate of drug-likeness (QED) is 0.876. The van der Waals surface area contributed by atoms with Gasteiger partial charge in [-0.15, -0.1) is 11.3 Å². The predicted molar refractivity (Wildman–Crippen MR) is 65.8 cm³/mol. The van der Waals surface area contributed by atoms with Crippen molar-refractivity contribution in [2.24, 2.45) is 5.92 Å². The van der Waals surface area contributed by atoms with E-state index in [9.17, 15) is 0 Å². The third-order valence-electron chi connectivity index (χ3n) is 2.96. The van der Waals surface area contributed by atoms with E-state index in [1.165, 1.54) is 34.5 Å². The molecule has 1 atom stereocenters. The van der Waals surface area contributed by atoms with Crippen molar-refractivity contribution in [3.63, 3.8) is 0 Å². The number of hydrogen-bond acceptors (Lipinski definition) is 2. The summed E-state index contributed by atoms with van der Waals surface area (Å²) in [7, 11) is 0. The molecule has 0 aromatic carbocycles. The van der Waals surface area contributed by atoms with Crippen LogP contribution >= 0.6 is 27.3 Å². The molecule has 2 rings (SSSR count). The van der Waals surface area contributed by atoms with Gasteiger partial charge in [0.15, 0.2) is 0 Å². The maximum Gasteiger partial charge on any atom is 0.0701 e. The van der Waals surface area contributed by atoms with E-state index >= 15 is 0 Å². The van der Waals surface area contributed by atoms with E-state index in [0.29, 0.717) is 6.04 Å². The van der Waals surface area contributed by atoms with E-state index in [0.717, 1.165) is 5.92 Å². The molecule has 1 saturated carbocycles. The topological polar surface area (TPSA) is 12.0 Å². The van der Waals surface area contributed by atoms with Crippen LogP contribution in [0.2, 0.25) is 0 Å². The average Bonchev–Trinajstić information content (AvgIpc) is 2.49. The summed E-state index contributed by atoms with van der Waals surface area (Å²) in [4.78, 5) is 1.43. The number of nitrogens with one attached hydrogen (secondary N) is 1. The van der Waals surface area contributed by atoms with Gasteiger partial charge in [0.05, 0.1) is 3.79 Å². The fraction of sp³-hybridized carbons (Fsp3) is 0.636. The first-order valence-electron chi connectivity index (χ1n) is 5.24. The first kappa shape index (κ1) is 10.7. The molecule has 1 heterocycles. The maximum atomic E-state index is 3.60.